The molecule has 0 heterocycles. The zero-order valence-electron chi connectivity index (χ0n) is 13.6. The lowest BCUT2D eigenvalue weighted by atomic mass is 10.2. The number of methoxy groups -OCH3 is 1. The minimum atomic E-state index is -4.72. The molecule has 26 heavy (non-hydrogen) atoms. The van der Waals surface area contributed by atoms with Gasteiger partial charge in [0.1, 0.15) is 6.54 Å². The van der Waals surface area contributed by atoms with Crippen LogP contribution in [-0.4, -0.2) is 63.7 Å². The van der Waals surface area contributed by atoms with E-state index in [0.29, 0.717) is 12.1 Å². The molecule has 0 saturated carbocycles. The number of halogens is 3. The van der Waals surface area contributed by atoms with E-state index in [1.165, 1.54) is 7.11 Å². The van der Waals surface area contributed by atoms with Gasteiger partial charge in [0.05, 0.1) is 23.6 Å². The summed E-state index contributed by atoms with van der Waals surface area (Å²) >= 11 is 0. The molecular formula is C14H17F3N2O6S. The number of hydrogen-bond acceptors (Lipinski definition) is 5. The van der Waals surface area contributed by atoms with Crippen molar-refractivity contribution in [1.82, 2.24) is 9.62 Å². The number of ether oxygens (including phenoxy) is 1. The van der Waals surface area contributed by atoms with Crippen LogP contribution in [0, 0.1) is 0 Å². The Bertz CT molecular complexity index is 751. The number of rotatable bonds is 9. The maximum Gasteiger partial charge on any atom is 0.416 e. The second-order valence-electron chi connectivity index (χ2n) is 5.05. The third-order valence-corrected chi connectivity index (χ3v) is 4.53. The van der Waals surface area contributed by atoms with Crippen LogP contribution >= 0.6 is 0 Å². The molecule has 0 aliphatic heterocycles. The van der Waals surface area contributed by atoms with E-state index in [1.807, 2.05) is 4.72 Å². The molecule has 2 N–H and O–H groups in total. The summed E-state index contributed by atoms with van der Waals surface area (Å²) in [5, 5.41) is 8.77. The first-order valence-electron chi connectivity index (χ1n) is 7.13. The predicted molar refractivity (Wildman–Crippen MR) is 82.7 cm³/mol. The van der Waals surface area contributed by atoms with Crippen molar-refractivity contribution < 1.29 is 41.0 Å². The predicted octanol–water partition coefficient (Wildman–Crippen LogP) is 0.543. The van der Waals surface area contributed by atoms with E-state index < -0.39 is 51.6 Å². The first-order chi connectivity index (χ1) is 12.0. The first-order valence-corrected chi connectivity index (χ1v) is 8.61. The molecule has 0 bridgehead atoms. The number of hydrogen-bond donors (Lipinski definition) is 2. The molecule has 0 aliphatic rings. The lowest BCUT2D eigenvalue weighted by Gasteiger charge is -2.20. The molecule has 0 atom stereocenters. The molecule has 1 rings (SSSR count). The Balaban J connectivity index is 2.86. The highest BCUT2D eigenvalue weighted by Gasteiger charge is 2.31. The largest absolute Gasteiger partial charge is 0.480 e. The van der Waals surface area contributed by atoms with Gasteiger partial charge in [0.15, 0.2) is 0 Å². The second-order valence-corrected chi connectivity index (χ2v) is 6.82. The molecule has 1 aromatic rings. The van der Waals surface area contributed by atoms with Gasteiger partial charge in [0.25, 0.3) is 0 Å². The standard InChI is InChI=1S/C14H17F3N2O6S/c1-25-6-5-19(9-13(21)22)12(20)8-18-26(23,24)11-4-2-3-10(7-11)14(15,16)17/h2-4,7,18H,5-6,8-9H2,1H3,(H,21,22). The summed E-state index contributed by atoms with van der Waals surface area (Å²) < 4.78 is 68.8. The fourth-order valence-corrected chi connectivity index (χ4v) is 2.87. The Kier molecular flexibility index (Phi) is 7.54. The molecule has 0 aliphatic carbocycles. The Morgan fingerprint density at radius 3 is 2.50 bits per heavy atom. The summed E-state index contributed by atoms with van der Waals surface area (Å²) in [6.07, 6.45) is -4.72. The van der Waals surface area contributed by atoms with Gasteiger partial charge >= 0.3 is 12.1 Å². The monoisotopic (exact) mass is 398 g/mol. The van der Waals surface area contributed by atoms with Gasteiger partial charge in [-0.1, -0.05) is 6.07 Å². The summed E-state index contributed by atoms with van der Waals surface area (Å²) in [5.41, 5.74) is -1.15. The molecule has 0 spiro atoms. The third kappa shape index (κ3) is 6.61. The number of amides is 1. The third-order valence-electron chi connectivity index (χ3n) is 3.13. The Labute approximate surface area is 147 Å². The van der Waals surface area contributed by atoms with Crippen molar-refractivity contribution in [1.29, 1.82) is 0 Å². The lowest BCUT2D eigenvalue weighted by molar-refractivity contribution is -0.144. The highest BCUT2D eigenvalue weighted by atomic mass is 32.2. The number of nitrogens with zero attached hydrogens (tertiary/aromatic N) is 1. The quantitative estimate of drug-likeness (QED) is 0.628. The van der Waals surface area contributed by atoms with Crippen molar-refractivity contribution in [3.8, 4) is 0 Å². The van der Waals surface area contributed by atoms with Crippen LogP contribution in [0.15, 0.2) is 29.2 Å². The number of carboxylic acids is 1. The van der Waals surface area contributed by atoms with Crippen molar-refractivity contribution in [2.45, 2.75) is 11.1 Å². The Morgan fingerprint density at radius 2 is 1.96 bits per heavy atom. The SMILES string of the molecule is COCCN(CC(=O)O)C(=O)CNS(=O)(=O)c1cccc(C(F)(F)F)c1. The van der Waals surface area contributed by atoms with E-state index in [1.54, 1.807) is 0 Å². The highest BCUT2D eigenvalue weighted by Crippen LogP contribution is 2.30. The first kappa shape index (κ1) is 21.9. The van der Waals surface area contributed by atoms with Gasteiger partial charge < -0.3 is 14.7 Å². The molecule has 1 amide bonds. The molecule has 1 aromatic carbocycles. The van der Waals surface area contributed by atoms with Crippen LogP contribution in [0.5, 0.6) is 0 Å². The Hall–Kier alpha value is -2.18. The summed E-state index contributed by atoms with van der Waals surface area (Å²) in [5.74, 6) is -2.17. The van der Waals surface area contributed by atoms with Crippen molar-refractivity contribution in [2.24, 2.45) is 0 Å². The molecule has 0 aromatic heterocycles. The number of carbonyl (C=O) groups excluding carboxylic acids is 1. The van der Waals surface area contributed by atoms with E-state index in [0.717, 1.165) is 17.0 Å². The van der Waals surface area contributed by atoms with E-state index in [2.05, 4.69) is 0 Å². The molecule has 0 fully saturated rings. The summed E-state index contributed by atoms with van der Waals surface area (Å²) in [6, 6.07) is 3.02. The van der Waals surface area contributed by atoms with Crippen LogP contribution in [-0.2, 0) is 30.5 Å². The second kappa shape index (κ2) is 8.96. The summed E-state index contributed by atoms with van der Waals surface area (Å²) in [4.78, 5) is 22.9. The topological polar surface area (TPSA) is 113 Å². The maximum atomic E-state index is 12.7. The number of carbonyl (C=O) groups is 2. The van der Waals surface area contributed by atoms with E-state index >= 15 is 0 Å². The number of carboxylic acid groups (broad SMARTS) is 1. The Morgan fingerprint density at radius 1 is 1.31 bits per heavy atom. The lowest BCUT2D eigenvalue weighted by Crippen LogP contribution is -2.43. The fourth-order valence-electron chi connectivity index (χ4n) is 1.85. The minimum absolute atomic E-state index is 0.0272. The highest BCUT2D eigenvalue weighted by molar-refractivity contribution is 7.89. The van der Waals surface area contributed by atoms with Crippen LogP contribution in [0.4, 0.5) is 13.2 Å². The molecule has 0 unspecified atom stereocenters. The average molecular weight is 398 g/mol. The molecule has 8 nitrogen and oxygen atoms in total. The van der Waals surface area contributed by atoms with Gasteiger partial charge in [-0.2, -0.15) is 13.2 Å². The number of nitrogens with one attached hydrogen (secondary N) is 1. The normalized spacial score (nSPS) is 12.0. The van der Waals surface area contributed by atoms with Crippen molar-refractivity contribution in [3.63, 3.8) is 0 Å². The number of alkyl halides is 3. The fraction of sp³-hybridized carbons (Fsp3) is 0.429. The maximum absolute atomic E-state index is 12.7. The van der Waals surface area contributed by atoms with Crippen molar-refractivity contribution in [2.75, 3.05) is 33.4 Å². The summed E-state index contributed by atoms with van der Waals surface area (Å²) in [6.45, 7) is -1.55. The number of benzene rings is 1. The number of sulfonamides is 1. The molecule has 12 heteroatoms. The van der Waals surface area contributed by atoms with Crippen molar-refractivity contribution in [3.05, 3.63) is 29.8 Å². The zero-order valence-corrected chi connectivity index (χ0v) is 14.4. The zero-order chi connectivity index (χ0) is 20.0. The van der Waals surface area contributed by atoms with Gasteiger partial charge in [-0.3, -0.25) is 9.59 Å². The smallest absolute Gasteiger partial charge is 0.416 e. The van der Waals surface area contributed by atoms with Crippen LogP contribution in [0.2, 0.25) is 0 Å². The van der Waals surface area contributed by atoms with Gasteiger partial charge in [-0.15, -0.1) is 0 Å². The molecule has 0 saturated heterocycles. The van der Waals surface area contributed by atoms with Crippen LogP contribution in [0.1, 0.15) is 5.56 Å². The molecule has 146 valence electrons. The van der Waals surface area contributed by atoms with E-state index in [4.69, 9.17) is 9.84 Å². The van der Waals surface area contributed by atoms with Crippen LogP contribution in [0.25, 0.3) is 0 Å². The van der Waals surface area contributed by atoms with Gasteiger partial charge in [-0.25, -0.2) is 13.1 Å². The average Bonchev–Trinajstić information content (AvgIpc) is 2.55. The molecule has 0 radical (unpaired) electrons. The van der Waals surface area contributed by atoms with Crippen LogP contribution < -0.4 is 4.72 Å². The van der Waals surface area contributed by atoms with E-state index in [9.17, 15) is 31.2 Å². The van der Waals surface area contributed by atoms with Gasteiger partial charge in [0.2, 0.25) is 15.9 Å². The van der Waals surface area contributed by atoms with Crippen molar-refractivity contribution >= 4 is 21.9 Å². The van der Waals surface area contributed by atoms with Gasteiger partial charge in [-0.05, 0) is 18.2 Å². The summed E-state index contributed by atoms with van der Waals surface area (Å²) in [7, 11) is -3.06. The van der Waals surface area contributed by atoms with Crippen LogP contribution in [0.3, 0.4) is 0 Å². The molecular weight excluding hydrogens is 381 g/mol. The number of aliphatic carboxylic acids is 1. The minimum Gasteiger partial charge on any atom is -0.480 e. The van der Waals surface area contributed by atoms with Gasteiger partial charge in [0, 0.05) is 13.7 Å². The van der Waals surface area contributed by atoms with E-state index in [-0.39, 0.29) is 13.2 Å².